The van der Waals surface area contributed by atoms with E-state index >= 15 is 4.79 Å². The first kappa shape index (κ1) is 28.0. The summed E-state index contributed by atoms with van der Waals surface area (Å²) < 4.78 is 0. The number of hydrogen-bond acceptors (Lipinski definition) is 4. The van der Waals surface area contributed by atoms with Crippen LogP contribution in [0, 0.1) is 19.8 Å². The molecule has 3 heterocycles. The molecule has 4 aromatic carbocycles. The van der Waals surface area contributed by atoms with Crippen LogP contribution < -0.4 is 10.2 Å². The van der Waals surface area contributed by atoms with Crippen molar-refractivity contribution in [3.8, 4) is 0 Å². The molecule has 220 valence electrons. The fraction of sp³-hybridized carbons (Fsp3) is 0.256. The highest BCUT2D eigenvalue weighted by atomic mass is 16.2. The number of fused-ring (bicyclic) bond motifs is 6. The van der Waals surface area contributed by atoms with Crippen LogP contribution in [0.2, 0.25) is 0 Å². The van der Waals surface area contributed by atoms with Gasteiger partial charge >= 0.3 is 0 Å². The van der Waals surface area contributed by atoms with Gasteiger partial charge in [-0.25, -0.2) is 0 Å². The summed E-state index contributed by atoms with van der Waals surface area (Å²) in [6.07, 6.45) is 4.03. The van der Waals surface area contributed by atoms with Gasteiger partial charge in [0.15, 0.2) is 11.6 Å². The molecule has 4 atom stereocenters. The van der Waals surface area contributed by atoms with Gasteiger partial charge in [0.25, 0.3) is 0 Å². The third-order valence-electron chi connectivity index (χ3n) is 9.80. The second kappa shape index (κ2) is 10.4. The minimum absolute atomic E-state index is 0.163. The number of para-hydroxylation sites is 1. The number of allylic oxidation sites excluding steroid dienone is 1. The number of anilines is 2. The van der Waals surface area contributed by atoms with E-state index in [1.807, 2.05) is 91.9 Å². The summed E-state index contributed by atoms with van der Waals surface area (Å²) in [4.78, 5) is 46.6. The summed E-state index contributed by atoms with van der Waals surface area (Å²) >= 11 is 0. The number of amides is 1. The lowest BCUT2D eigenvalue weighted by molar-refractivity contribution is -0.121. The van der Waals surface area contributed by atoms with Crippen LogP contribution in [0.4, 0.5) is 11.4 Å². The predicted octanol–water partition coefficient (Wildman–Crippen LogP) is 7.50. The molecule has 1 amide bonds. The number of nitrogens with zero attached hydrogens (tertiary/aromatic N) is 1. The predicted molar refractivity (Wildman–Crippen MR) is 175 cm³/mol. The van der Waals surface area contributed by atoms with Crippen LogP contribution in [0.5, 0.6) is 0 Å². The van der Waals surface area contributed by atoms with Crippen molar-refractivity contribution in [1.29, 1.82) is 0 Å². The largest absolute Gasteiger partial charge is 0.352 e. The summed E-state index contributed by atoms with van der Waals surface area (Å²) in [6.45, 7) is 8.22. The van der Waals surface area contributed by atoms with Crippen LogP contribution in [-0.4, -0.2) is 29.6 Å². The minimum Gasteiger partial charge on any atom is -0.352 e. The lowest BCUT2D eigenvalue weighted by Gasteiger charge is -2.39. The van der Waals surface area contributed by atoms with E-state index in [1.165, 1.54) is 0 Å². The molecule has 5 heteroatoms. The van der Waals surface area contributed by atoms with Crippen LogP contribution in [0.25, 0.3) is 5.57 Å². The first-order valence-electron chi connectivity index (χ1n) is 15.5. The quantitative estimate of drug-likeness (QED) is 0.240. The van der Waals surface area contributed by atoms with Gasteiger partial charge in [-0.2, -0.15) is 0 Å². The monoisotopic (exact) mass is 580 g/mol. The van der Waals surface area contributed by atoms with E-state index in [1.54, 1.807) is 0 Å². The number of Topliss-reactive ketones (excluding diaryl/α,β-unsaturated/α-hetero) is 2. The third kappa shape index (κ3) is 4.02. The molecule has 0 saturated carbocycles. The van der Waals surface area contributed by atoms with Gasteiger partial charge in [0.1, 0.15) is 11.5 Å². The molecule has 1 spiro atoms. The maximum Gasteiger partial charge on any atom is 0.238 e. The number of rotatable bonds is 6. The number of aryl methyl sites for hydroxylation is 3. The molecule has 7 rings (SSSR count). The van der Waals surface area contributed by atoms with Crippen molar-refractivity contribution in [3.63, 3.8) is 0 Å². The Labute approximate surface area is 258 Å². The van der Waals surface area contributed by atoms with Gasteiger partial charge in [0.2, 0.25) is 5.91 Å². The number of hydrogen-bond donors (Lipinski definition) is 1. The van der Waals surface area contributed by atoms with Crippen molar-refractivity contribution in [2.45, 2.75) is 58.0 Å². The lowest BCUT2D eigenvalue weighted by Crippen LogP contribution is -2.51. The van der Waals surface area contributed by atoms with Crippen molar-refractivity contribution >= 4 is 34.4 Å². The molecule has 0 aliphatic carbocycles. The van der Waals surface area contributed by atoms with Gasteiger partial charge in [-0.1, -0.05) is 103 Å². The second-order valence-electron chi connectivity index (χ2n) is 12.6. The van der Waals surface area contributed by atoms with Crippen LogP contribution in [0.3, 0.4) is 0 Å². The number of carbonyl (C=O) groups excluding carboxylic acids is 3. The first-order chi connectivity index (χ1) is 21.2. The van der Waals surface area contributed by atoms with E-state index in [0.717, 1.165) is 51.9 Å². The smallest absolute Gasteiger partial charge is 0.238 e. The number of ketones is 2. The van der Waals surface area contributed by atoms with Crippen LogP contribution in [0.15, 0.2) is 97.1 Å². The highest BCUT2D eigenvalue weighted by Gasteiger charge is 2.70. The van der Waals surface area contributed by atoms with Crippen LogP contribution in [0.1, 0.15) is 68.8 Å². The number of carbonyl (C=O) groups is 3. The fourth-order valence-electron chi connectivity index (χ4n) is 7.74. The molecule has 1 saturated heterocycles. The zero-order chi connectivity index (χ0) is 30.7. The number of benzene rings is 4. The molecule has 0 unspecified atom stereocenters. The Balaban J connectivity index is 1.52. The van der Waals surface area contributed by atoms with Crippen molar-refractivity contribution in [3.05, 3.63) is 136 Å². The molecule has 1 fully saturated rings. The molecule has 0 aromatic heterocycles. The third-order valence-corrected chi connectivity index (χ3v) is 9.80. The molecular weight excluding hydrogens is 544 g/mol. The maximum absolute atomic E-state index is 15.0. The highest BCUT2D eigenvalue weighted by molar-refractivity contribution is 6.18. The minimum atomic E-state index is -1.31. The standard InChI is InChI=1S/C39H36N2O3/c1-5-8-26-14-18-27(19-15-26)36(42)34-35(37(43)28-16-11-23(2)12-17-28)41-32-20-13-24(3)21-29(32)25(4)22-33(41)39(34)30-9-6-7-10-31(30)40-38(39)44/h6-7,9-22,33-35H,5,8H2,1-4H3,(H,40,44)/t33-,34-,35-,39+/m1/s1. The van der Waals surface area contributed by atoms with Gasteiger partial charge in [0, 0.05) is 28.1 Å². The number of nitrogens with one attached hydrogen (secondary N) is 1. The summed E-state index contributed by atoms with van der Waals surface area (Å²) in [5.74, 6) is -1.57. The summed E-state index contributed by atoms with van der Waals surface area (Å²) in [7, 11) is 0. The van der Waals surface area contributed by atoms with Gasteiger partial charge in [-0.05, 0) is 62.1 Å². The topological polar surface area (TPSA) is 66.5 Å². The Morgan fingerprint density at radius 3 is 2.20 bits per heavy atom. The average molecular weight is 581 g/mol. The van der Waals surface area contributed by atoms with Crippen molar-refractivity contribution in [2.75, 3.05) is 10.2 Å². The summed E-state index contributed by atoms with van der Waals surface area (Å²) in [5.41, 5.74) is 7.40. The van der Waals surface area contributed by atoms with E-state index in [0.29, 0.717) is 16.8 Å². The Morgan fingerprint density at radius 2 is 1.48 bits per heavy atom. The van der Waals surface area contributed by atoms with Crippen LogP contribution in [-0.2, 0) is 16.6 Å². The van der Waals surface area contributed by atoms with E-state index in [-0.39, 0.29) is 17.5 Å². The zero-order valence-electron chi connectivity index (χ0n) is 25.6. The van der Waals surface area contributed by atoms with E-state index in [4.69, 9.17) is 0 Å². The Hall–Kier alpha value is -4.77. The van der Waals surface area contributed by atoms with E-state index in [2.05, 4.69) is 43.1 Å². The fourth-order valence-corrected chi connectivity index (χ4v) is 7.74. The lowest BCUT2D eigenvalue weighted by atomic mass is 9.64. The Morgan fingerprint density at radius 1 is 0.818 bits per heavy atom. The average Bonchev–Trinajstić information content (AvgIpc) is 3.49. The van der Waals surface area contributed by atoms with Gasteiger partial charge in [-0.15, -0.1) is 0 Å². The maximum atomic E-state index is 15.0. The molecule has 0 bridgehead atoms. The molecule has 1 N–H and O–H groups in total. The second-order valence-corrected chi connectivity index (χ2v) is 12.6. The molecule has 4 aromatic rings. The Kier molecular flexibility index (Phi) is 6.65. The highest BCUT2D eigenvalue weighted by Crippen LogP contribution is 2.59. The van der Waals surface area contributed by atoms with Crippen LogP contribution >= 0.6 is 0 Å². The SMILES string of the molecule is CCCc1ccc(C(=O)[C@H]2[C@H](C(=O)c3ccc(C)cc3)N3c4ccc(C)cc4C(C)=C[C@@H]3[C@]23C(=O)Nc2ccccc23)cc1. The summed E-state index contributed by atoms with van der Waals surface area (Å²) in [6, 6.07) is 27.6. The normalized spacial score (nSPS) is 23.1. The summed E-state index contributed by atoms with van der Waals surface area (Å²) in [5, 5.41) is 3.12. The first-order valence-corrected chi connectivity index (χ1v) is 15.5. The zero-order valence-corrected chi connectivity index (χ0v) is 25.6. The van der Waals surface area contributed by atoms with Crippen molar-refractivity contribution in [2.24, 2.45) is 5.92 Å². The molecule has 0 radical (unpaired) electrons. The molecule has 3 aliphatic heterocycles. The van der Waals surface area contributed by atoms with Gasteiger partial charge < -0.3 is 10.2 Å². The Bertz CT molecular complexity index is 1850. The molecular formula is C39H36N2O3. The van der Waals surface area contributed by atoms with E-state index in [9.17, 15) is 9.59 Å². The van der Waals surface area contributed by atoms with Gasteiger partial charge in [-0.3, -0.25) is 14.4 Å². The van der Waals surface area contributed by atoms with Crippen molar-refractivity contribution in [1.82, 2.24) is 0 Å². The molecule has 5 nitrogen and oxygen atoms in total. The van der Waals surface area contributed by atoms with E-state index < -0.39 is 23.4 Å². The molecule has 44 heavy (non-hydrogen) atoms. The van der Waals surface area contributed by atoms with Gasteiger partial charge in [0.05, 0.1) is 12.0 Å². The molecule has 3 aliphatic rings. The van der Waals surface area contributed by atoms with Crippen molar-refractivity contribution < 1.29 is 14.4 Å².